The van der Waals surface area contributed by atoms with Crippen LogP contribution in [0.4, 0.5) is 0 Å². The molecule has 5 nitrogen and oxygen atoms in total. The van der Waals surface area contributed by atoms with Crippen LogP contribution in [0.15, 0.2) is 70.8 Å². The summed E-state index contributed by atoms with van der Waals surface area (Å²) in [6.07, 6.45) is 3.33. The van der Waals surface area contributed by atoms with E-state index in [4.69, 9.17) is 28.6 Å². The summed E-state index contributed by atoms with van der Waals surface area (Å²) in [4.78, 5) is 0. The molecule has 25 heavy (non-hydrogen) atoms. The van der Waals surface area contributed by atoms with Crippen LogP contribution < -0.4 is 4.74 Å². The lowest BCUT2D eigenvalue weighted by atomic mass is 10.2. The first-order valence-corrected chi connectivity index (χ1v) is 8.32. The molecule has 7 heteroatoms. The second-order valence-electron chi connectivity index (χ2n) is 5.04. The van der Waals surface area contributed by atoms with Gasteiger partial charge < -0.3 is 4.74 Å². The predicted molar refractivity (Wildman–Crippen MR) is 102 cm³/mol. The Morgan fingerprint density at radius 1 is 1.16 bits per heavy atom. The zero-order chi connectivity index (χ0) is 17.5. The van der Waals surface area contributed by atoms with Crippen molar-refractivity contribution in [1.29, 1.82) is 0 Å². The average molecular weight is 371 g/mol. The summed E-state index contributed by atoms with van der Waals surface area (Å²) < 4.78 is 7.53. The summed E-state index contributed by atoms with van der Waals surface area (Å²) in [6.45, 7) is 0.231. The number of halogens is 1. The molecule has 0 aliphatic rings. The van der Waals surface area contributed by atoms with E-state index in [0.29, 0.717) is 15.6 Å². The molecule has 0 spiro atoms. The number of aromatic nitrogens is 3. The van der Waals surface area contributed by atoms with Crippen molar-refractivity contribution in [3.63, 3.8) is 0 Å². The Bertz CT molecular complexity index is 932. The van der Waals surface area contributed by atoms with E-state index in [1.165, 1.54) is 10.9 Å². The molecule has 1 N–H and O–H groups in total. The van der Waals surface area contributed by atoms with Crippen LogP contribution >= 0.6 is 23.8 Å². The Morgan fingerprint density at radius 3 is 2.56 bits per heavy atom. The van der Waals surface area contributed by atoms with Crippen LogP contribution in [-0.2, 0) is 6.61 Å². The summed E-state index contributed by atoms with van der Waals surface area (Å²) in [5.74, 6) is 1.29. The zero-order valence-electron chi connectivity index (χ0n) is 13.2. The number of nitrogens with zero attached hydrogens (tertiary/aromatic N) is 3. The lowest BCUT2D eigenvalue weighted by molar-refractivity contribution is 0.290. The molecule has 0 aliphatic heterocycles. The first kappa shape index (κ1) is 17.1. The van der Waals surface area contributed by atoms with Crippen LogP contribution in [0.25, 0.3) is 6.08 Å². The molecule has 0 fully saturated rings. The van der Waals surface area contributed by atoms with Gasteiger partial charge in [-0.05, 0) is 36.0 Å². The van der Waals surface area contributed by atoms with E-state index in [0.717, 1.165) is 11.3 Å². The van der Waals surface area contributed by atoms with Gasteiger partial charge in [0, 0.05) is 0 Å². The van der Waals surface area contributed by atoms with E-state index in [1.54, 1.807) is 0 Å². The highest BCUT2D eigenvalue weighted by molar-refractivity contribution is 7.71. The van der Waals surface area contributed by atoms with E-state index in [-0.39, 0.29) is 6.61 Å². The maximum absolute atomic E-state index is 6.21. The lowest BCUT2D eigenvalue weighted by Crippen LogP contribution is -2.04. The number of hydrogen-bond donors (Lipinski definition) is 1. The monoisotopic (exact) mass is 370 g/mol. The third-order valence-corrected chi connectivity index (χ3v) is 3.70. The van der Waals surface area contributed by atoms with Gasteiger partial charge in [0.15, 0.2) is 5.82 Å². The Balaban J connectivity index is 1.73. The van der Waals surface area contributed by atoms with Gasteiger partial charge >= 0.3 is 0 Å². The number of nitrogens with one attached hydrogen (secondary N) is 1. The standard InChI is InChI=1S/C18H15ClN4OS/c19-15(11-14-7-3-1-4-8-14)12-20-23-17(21-22-18(23)25)13-24-16-9-5-2-6-10-16/h1-12H,13H2,(H,22,25). The third-order valence-electron chi connectivity index (χ3n) is 3.23. The van der Waals surface area contributed by atoms with Gasteiger partial charge in [-0.15, -0.1) is 0 Å². The minimum Gasteiger partial charge on any atom is -0.486 e. The van der Waals surface area contributed by atoms with Gasteiger partial charge in [0.2, 0.25) is 4.77 Å². The smallest absolute Gasteiger partial charge is 0.216 e. The second-order valence-corrected chi connectivity index (χ2v) is 5.87. The highest BCUT2D eigenvalue weighted by atomic mass is 35.5. The Morgan fingerprint density at radius 2 is 1.84 bits per heavy atom. The molecule has 2 aromatic carbocycles. The van der Waals surface area contributed by atoms with E-state index < -0.39 is 0 Å². The van der Waals surface area contributed by atoms with Gasteiger partial charge in [-0.1, -0.05) is 60.1 Å². The molecule has 3 aromatic rings. The van der Waals surface area contributed by atoms with Gasteiger partial charge in [-0.25, -0.2) is 5.10 Å². The first-order valence-electron chi connectivity index (χ1n) is 7.53. The molecule has 0 bridgehead atoms. The zero-order valence-corrected chi connectivity index (χ0v) is 14.7. The number of hydrogen-bond acceptors (Lipinski definition) is 4. The fraction of sp³-hybridized carbons (Fsp3) is 0.0556. The maximum Gasteiger partial charge on any atom is 0.216 e. The number of para-hydroxylation sites is 1. The summed E-state index contributed by atoms with van der Waals surface area (Å²) in [5, 5.41) is 11.6. The quantitative estimate of drug-likeness (QED) is 0.508. The summed E-state index contributed by atoms with van der Waals surface area (Å²) in [6, 6.07) is 19.2. The van der Waals surface area contributed by atoms with Gasteiger partial charge in [-0.3, -0.25) is 0 Å². The van der Waals surface area contributed by atoms with Crippen molar-refractivity contribution >= 4 is 36.1 Å². The SMILES string of the molecule is S=c1[nH]nc(COc2ccccc2)n1N=CC(Cl)=Cc1ccccc1. The number of aromatic amines is 1. The normalized spacial score (nSPS) is 11.8. The van der Waals surface area contributed by atoms with Crippen molar-refractivity contribution in [2.24, 2.45) is 5.10 Å². The fourth-order valence-electron chi connectivity index (χ4n) is 2.06. The molecule has 0 amide bonds. The minimum atomic E-state index is 0.231. The topological polar surface area (TPSA) is 55.2 Å². The van der Waals surface area contributed by atoms with E-state index in [2.05, 4.69) is 15.3 Å². The van der Waals surface area contributed by atoms with Crippen molar-refractivity contribution < 1.29 is 4.74 Å². The molecule has 0 atom stereocenters. The molecule has 0 aliphatic carbocycles. The summed E-state index contributed by atoms with van der Waals surface area (Å²) in [5.41, 5.74) is 0.988. The molecule has 0 radical (unpaired) electrons. The van der Waals surface area contributed by atoms with Gasteiger partial charge in [0.25, 0.3) is 0 Å². The molecule has 0 unspecified atom stereocenters. The third kappa shape index (κ3) is 4.89. The number of H-pyrrole nitrogens is 1. The van der Waals surface area contributed by atoms with Gasteiger partial charge in [-0.2, -0.15) is 14.9 Å². The number of allylic oxidation sites excluding steroid dienone is 1. The molecule has 0 saturated heterocycles. The molecular weight excluding hydrogens is 356 g/mol. The fourth-order valence-corrected chi connectivity index (χ4v) is 2.43. The van der Waals surface area contributed by atoms with Crippen LogP contribution in [0, 0.1) is 4.77 Å². The average Bonchev–Trinajstić information content (AvgIpc) is 3.00. The summed E-state index contributed by atoms with van der Waals surface area (Å²) in [7, 11) is 0. The van der Waals surface area contributed by atoms with Crippen molar-refractivity contribution in [3.05, 3.63) is 81.9 Å². The highest BCUT2D eigenvalue weighted by Crippen LogP contribution is 2.12. The second kappa shape index (κ2) is 8.41. The molecule has 0 saturated carbocycles. The van der Waals surface area contributed by atoms with Gasteiger partial charge in [0.1, 0.15) is 12.4 Å². The van der Waals surface area contributed by atoms with Crippen molar-refractivity contribution in [2.75, 3.05) is 0 Å². The first-order chi connectivity index (χ1) is 12.2. The van der Waals surface area contributed by atoms with Crippen LogP contribution in [0.2, 0.25) is 0 Å². The molecule has 1 heterocycles. The minimum absolute atomic E-state index is 0.231. The maximum atomic E-state index is 6.21. The van der Waals surface area contributed by atoms with Crippen molar-refractivity contribution in [3.8, 4) is 5.75 Å². The number of ether oxygens (including phenoxy) is 1. The highest BCUT2D eigenvalue weighted by Gasteiger charge is 2.06. The largest absolute Gasteiger partial charge is 0.486 e. The Labute approximate surface area is 155 Å². The molecule has 126 valence electrons. The van der Waals surface area contributed by atoms with Gasteiger partial charge in [0.05, 0.1) is 11.2 Å². The predicted octanol–water partition coefficient (Wildman–Crippen LogP) is 4.63. The van der Waals surface area contributed by atoms with E-state index in [9.17, 15) is 0 Å². The van der Waals surface area contributed by atoms with Crippen molar-refractivity contribution in [2.45, 2.75) is 6.61 Å². The lowest BCUT2D eigenvalue weighted by Gasteiger charge is -2.04. The number of benzene rings is 2. The van der Waals surface area contributed by atoms with Crippen LogP contribution in [0.5, 0.6) is 5.75 Å². The van der Waals surface area contributed by atoms with Crippen molar-refractivity contribution in [1.82, 2.24) is 14.9 Å². The van der Waals surface area contributed by atoms with Crippen LogP contribution in [0.1, 0.15) is 11.4 Å². The number of rotatable bonds is 6. The van der Waals surface area contributed by atoms with Crippen LogP contribution in [0.3, 0.4) is 0 Å². The molecular formula is C18H15ClN4OS. The Hall–Kier alpha value is -2.70. The van der Waals surface area contributed by atoms with Crippen LogP contribution in [-0.4, -0.2) is 21.1 Å². The molecule has 3 rings (SSSR count). The summed E-state index contributed by atoms with van der Waals surface area (Å²) >= 11 is 11.4. The molecule has 1 aromatic heterocycles. The van der Waals surface area contributed by atoms with E-state index in [1.807, 2.05) is 66.7 Å². The van der Waals surface area contributed by atoms with E-state index >= 15 is 0 Å². The Kier molecular flexibility index (Phi) is 5.77.